The number of pyridine rings is 1. The number of H-pyrrole nitrogens is 1. The van der Waals surface area contributed by atoms with E-state index >= 15 is 0 Å². The molecule has 5 heteroatoms. The van der Waals surface area contributed by atoms with Crippen molar-refractivity contribution in [3.63, 3.8) is 0 Å². The molecule has 0 atom stereocenters. The summed E-state index contributed by atoms with van der Waals surface area (Å²) < 4.78 is 0. The summed E-state index contributed by atoms with van der Waals surface area (Å²) in [6, 6.07) is 1.68. The molecule has 92 valence electrons. The second-order valence-electron chi connectivity index (χ2n) is 4.29. The van der Waals surface area contributed by atoms with E-state index in [9.17, 15) is 9.59 Å². The van der Waals surface area contributed by atoms with Gasteiger partial charge in [-0.05, 0) is 25.8 Å². The summed E-state index contributed by atoms with van der Waals surface area (Å²) in [7, 11) is 0. The maximum absolute atomic E-state index is 12.2. The molecule has 0 unspecified atom stereocenters. The van der Waals surface area contributed by atoms with Crippen molar-refractivity contribution in [2.45, 2.75) is 25.3 Å². The Hall–Kier alpha value is -1.62. The quantitative estimate of drug-likeness (QED) is 0.771. The van der Waals surface area contributed by atoms with E-state index in [0.717, 1.165) is 19.3 Å². The van der Waals surface area contributed by atoms with E-state index in [0.29, 0.717) is 19.1 Å². The van der Waals surface area contributed by atoms with Crippen LogP contribution in [0.5, 0.6) is 0 Å². The van der Waals surface area contributed by atoms with E-state index in [1.807, 2.05) is 0 Å². The van der Waals surface area contributed by atoms with Crippen LogP contribution >= 0.6 is 0 Å². The smallest absolute Gasteiger partial charge is 0.259 e. The molecule has 1 heterocycles. The van der Waals surface area contributed by atoms with Crippen molar-refractivity contribution in [1.29, 1.82) is 0 Å². The molecule has 0 radical (unpaired) electrons. The Morgan fingerprint density at radius 1 is 1.53 bits per heavy atom. The fourth-order valence-electron chi connectivity index (χ4n) is 1.84. The lowest BCUT2D eigenvalue weighted by atomic mass is 10.2. The van der Waals surface area contributed by atoms with E-state index in [1.165, 1.54) is 18.5 Å². The standard InChI is InChI=1S/C12H17N3O2/c13-5-1-7-15(9-2-3-9)12(17)10-8-14-6-4-11(10)16/h4,6,8-9H,1-3,5,7,13H2,(H,14,16). The molecule has 0 saturated heterocycles. The van der Waals surface area contributed by atoms with Gasteiger partial charge in [-0.2, -0.15) is 0 Å². The monoisotopic (exact) mass is 235 g/mol. The summed E-state index contributed by atoms with van der Waals surface area (Å²) in [6.07, 6.45) is 5.83. The highest BCUT2D eigenvalue weighted by atomic mass is 16.2. The molecule has 1 saturated carbocycles. The van der Waals surface area contributed by atoms with Crippen molar-refractivity contribution in [1.82, 2.24) is 9.88 Å². The van der Waals surface area contributed by atoms with E-state index in [1.54, 1.807) is 4.90 Å². The molecule has 17 heavy (non-hydrogen) atoms. The maximum atomic E-state index is 12.2. The highest BCUT2D eigenvalue weighted by molar-refractivity contribution is 5.94. The minimum absolute atomic E-state index is 0.178. The van der Waals surface area contributed by atoms with Crippen LogP contribution < -0.4 is 11.2 Å². The topological polar surface area (TPSA) is 79.2 Å². The van der Waals surface area contributed by atoms with Crippen LogP contribution in [0.1, 0.15) is 29.6 Å². The van der Waals surface area contributed by atoms with Gasteiger partial charge in [0.1, 0.15) is 5.56 Å². The summed E-state index contributed by atoms with van der Waals surface area (Å²) in [4.78, 5) is 28.4. The van der Waals surface area contributed by atoms with Gasteiger partial charge in [0.25, 0.3) is 5.91 Å². The molecule has 1 aliphatic rings. The summed E-state index contributed by atoms with van der Waals surface area (Å²) >= 11 is 0. The number of nitrogens with zero attached hydrogens (tertiary/aromatic N) is 1. The molecule has 3 N–H and O–H groups in total. The highest BCUT2D eigenvalue weighted by Gasteiger charge is 2.33. The second-order valence-corrected chi connectivity index (χ2v) is 4.29. The first-order valence-electron chi connectivity index (χ1n) is 5.92. The van der Waals surface area contributed by atoms with Gasteiger partial charge in [0.2, 0.25) is 0 Å². The first-order chi connectivity index (χ1) is 8.24. The first-order valence-corrected chi connectivity index (χ1v) is 5.92. The van der Waals surface area contributed by atoms with Crippen molar-refractivity contribution in [3.8, 4) is 0 Å². The Morgan fingerprint density at radius 3 is 2.88 bits per heavy atom. The minimum atomic E-state index is -0.229. The number of nitrogens with one attached hydrogen (secondary N) is 1. The van der Waals surface area contributed by atoms with Gasteiger partial charge in [-0.3, -0.25) is 9.59 Å². The summed E-state index contributed by atoms with van der Waals surface area (Å²) in [5.74, 6) is -0.178. The van der Waals surface area contributed by atoms with Crippen molar-refractivity contribution in [2.75, 3.05) is 13.1 Å². The molecule has 0 aliphatic heterocycles. The molecule has 5 nitrogen and oxygen atoms in total. The first kappa shape index (κ1) is 11.9. The lowest BCUT2D eigenvalue weighted by Gasteiger charge is -2.21. The number of carbonyl (C=O) groups excluding carboxylic acids is 1. The van der Waals surface area contributed by atoms with Crippen molar-refractivity contribution >= 4 is 5.91 Å². The summed E-state index contributed by atoms with van der Waals surface area (Å²) in [5, 5.41) is 0. The molecule has 0 bridgehead atoms. The molecule has 0 aromatic carbocycles. The zero-order chi connectivity index (χ0) is 12.3. The van der Waals surface area contributed by atoms with Crippen molar-refractivity contribution in [3.05, 3.63) is 34.2 Å². The number of hydrogen-bond donors (Lipinski definition) is 2. The average molecular weight is 235 g/mol. The van der Waals surface area contributed by atoms with Gasteiger partial charge in [0, 0.05) is 31.0 Å². The van der Waals surface area contributed by atoms with Crippen LogP contribution in [0.3, 0.4) is 0 Å². The third kappa shape index (κ3) is 2.74. The van der Waals surface area contributed by atoms with Gasteiger partial charge in [-0.25, -0.2) is 0 Å². The molecule has 1 aromatic heterocycles. The number of aromatic nitrogens is 1. The molecular formula is C12H17N3O2. The van der Waals surface area contributed by atoms with E-state index in [-0.39, 0.29) is 16.9 Å². The molecule has 2 rings (SSSR count). The van der Waals surface area contributed by atoms with Gasteiger partial charge in [0.05, 0.1) is 0 Å². The number of hydrogen-bond acceptors (Lipinski definition) is 3. The number of nitrogens with two attached hydrogens (primary N) is 1. The number of aromatic amines is 1. The molecule has 1 aromatic rings. The fraction of sp³-hybridized carbons (Fsp3) is 0.500. The predicted octanol–water partition coefficient (Wildman–Crippen LogP) is 0.328. The number of rotatable bonds is 5. The Balaban J connectivity index is 2.16. The van der Waals surface area contributed by atoms with Crippen LogP contribution in [0.25, 0.3) is 0 Å². The molecule has 1 amide bonds. The van der Waals surface area contributed by atoms with Crippen LogP contribution in [-0.2, 0) is 0 Å². The SMILES string of the molecule is NCCCN(C(=O)c1c[nH]ccc1=O)C1CC1. The zero-order valence-corrected chi connectivity index (χ0v) is 9.69. The van der Waals surface area contributed by atoms with E-state index < -0.39 is 0 Å². The second kappa shape index (κ2) is 5.14. The molecule has 0 spiro atoms. The fourth-order valence-corrected chi connectivity index (χ4v) is 1.84. The minimum Gasteiger partial charge on any atom is -0.367 e. The lowest BCUT2D eigenvalue weighted by molar-refractivity contribution is 0.0740. The van der Waals surface area contributed by atoms with Gasteiger partial charge in [0.15, 0.2) is 5.43 Å². The Kier molecular flexibility index (Phi) is 3.58. The third-order valence-electron chi connectivity index (χ3n) is 2.91. The third-order valence-corrected chi connectivity index (χ3v) is 2.91. The normalized spacial score (nSPS) is 14.6. The lowest BCUT2D eigenvalue weighted by Crippen LogP contribution is -2.37. The van der Waals surface area contributed by atoms with Crippen molar-refractivity contribution < 1.29 is 4.79 Å². The van der Waals surface area contributed by atoms with E-state index in [2.05, 4.69) is 4.98 Å². The Labute approximate surface area is 99.6 Å². The van der Waals surface area contributed by atoms with Crippen LogP contribution in [0, 0.1) is 0 Å². The van der Waals surface area contributed by atoms with Crippen LogP contribution in [0.4, 0.5) is 0 Å². The molecular weight excluding hydrogens is 218 g/mol. The zero-order valence-electron chi connectivity index (χ0n) is 9.69. The van der Waals surface area contributed by atoms with Crippen LogP contribution in [-0.4, -0.2) is 34.9 Å². The summed E-state index contributed by atoms with van der Waals surface area (Å²) in [5.41, 5.74) is 5.45. The predicted molar refractivity (Wildman–Crippen MR) is 64.8 cm³/mol. The Bertz CT molecular complexity index is 451. The van der Waals surface area contributed by atoms with Crippen LogP contribution in [0.15, 0.2) is 23.3 Å². The average Bonchev–Trinajstić information content (AvgIpc) is 3.14. The Morgan fingerprint density at radius 2 is 2.29 bits per heavy atom. The van der Waals surface area contributed by atoms with Gasteiger partial charge in [-0.15, -0.1) is 0 Å². The summed E-state index contributed by atoms with van der Waals surface area (Å²) in [6.45, 7) is 1.19. The van der Waals surface area contributed by atoms with Gasteiger partial charge < -0.3 is 15.6 Å². The van der Waals surface area contributed by atoms with Gasteiger partial charge in [-0.1, -0.05) is 0 Å². The number of carbonyl (C=O) groups is 1. The van der Waals surface area contributed by atoms with Crippen molar-refractivity contribution in [2.24, 2.45) is 5.73 Å². The molecule has 1 fully saturated rings. The maximum Gasteiger partial charge on any atom is 0.259 e. The molecule has 1 aliphatic carbocycles. The van der Waals surface area contributed by atoms with E-state index in [4.69, 9.17) is 5.73 Å². The highest BCUT2D eigenvalue weighted by Crippen LogP contribution is 2.27. The largest absolute Gasteiger partial charge is 0.367 e. The van der Waals surface area contributed by atoms with Gasteiger partial charge >= 0.3 is 0 Å². The number of amides is 1. The van der Waals surface area contributed by atoms with Crippen LogP contribution in [0.2, 0.25) is 0 Å².